The SMILES string of the molecule is C/C(=N\N(C)/C(=C(\C)C(F)(F)F)c1cc(Cl)c2c(c1)CCN2)C(C)C. The van der Waals surface area contributed by atoms with Gasteiger partial charge in [0.2, 0.25) is 0 Å². The fraction of sp³-hybridized carbons (Fsp3) is 0.500. The zero-order chi connectivity index (χ0) is 18.9. The molecule has 138 valence electrons. The maximum absolute atomic E-state index is 13.4. The van der Waals surface area contributed by atoms with Gasteiger partial charge in [-0.2, -0.15) is 18.3 Å². The van der Waals surface area contributed by atoms with Crippen molar-refractivity contribution in [1.82, 2.24) is 5.01 Å². The Balaban J connectivity index is 2.62. The number of fused-ring (bicyclic) bond motifs is 1. The van der Waals surface area contributed by atoms with Crippen LogP contribution in [0.25, 0.3) is 5.70 Å². The molecular formula is C18H23ClF3N3. The van der Waals surface area contributed by atoms with Crippen molar-refractivity contribution in [3.8, 4) is 0 Å². The molecule has 1 N–H and O–H groups in total. The second kappa shape index (κ2) is 7.28. The van der Waals surface area contributed by atoms with E-state index >= 15 is 0 Å². The number of nitrogens with one attached hydrogen (secondary N) is 1. The molecule has 1 aromatic rings. The molecule has 1 aliphatic heterocycles. The van der Waals surface area contributed by atoms with Crippen LogP contribution in [-0.2, 0) is 6.42 Å². The normalized spacial score (nSPS) is 15.8. The fourth-order valence-corrected chi connectivity index (χ4v) is 3.01. The Bertz CT molecular complexity index is 721. The monoisotopic (exact) mass is 373 g/mol. The molecule has 0 spiro atoms. The first-order chi connectivity index (χ1) is 11.5. The van der Waals surface area contributed by atoms with Crippen molar-refractivity contribution >= 4 is 28.7 Å². The second-order valence-corrected chi connectivity index (χ2v) is 6.97. The number of nitrogens with zero attached hydrogens (tertiary/aromatic N) is 2. The lowest BCUT2D eigenvalue weighted by Crippen LogP contribution is -2.21. The average molecular weight is 374 g/mol. The summed E-state index contributed by atoms with van der Waals surface area (Å²) in [6.45, 7) is 7.51. The molecule has 7 heteroatoms. The van der Waals surface area contributed by atoms with E-state index in [4.69, 9.17) is 11.6 Å². The predicted molar refractivity (Wildman–Crippen MR) is 98.0 cm³/mol. The Labute approximate surface area is 151 Å². The molecule has 0 fully saturated rings. The predicted octanol–water partition coefficient (Wildman–Crippen LogP) is 5.57. The summed E-state index contributed by atoms with van der Waals surface area (Å²) in [5, 5.41) is 9.23. The van der Waals surface area contributed by atoms with Crippen LogP contribution in [0.5, 0.6) is 0 Å². The minimum atomic E-state index is -4.45. The second-order valence-electron chi connectivity index (χ2n) is 6.56. The maximum atomic E-state index is 13.4. The van der Waals surface area contributed by atoms with Gasteiger partial charge in [-0.25, -0.2) is 0 Å². The highest BCUT2D eigenvalue weighted by Gasteiger charge is 2.35. The molecule has 0 aromatic heterocycles. The molecule has 0 aliphatic carbocycles. The van der Waals surface area contributed by atoms with Crippen LogP contribution < -0.4 is 5.32 Å². The number of halogens is 4. The van der Waals surface area contributed by atoms with Crippen LogP contribution in [0.15, 0.2) is 22.8 Å². The molecule has 2 rings (SSSR count). The molecule has 1 aliphatic rings. The van der Waals surface area contributed by atoms with Gasteiger partial charge < -0.3 is 5.32 Å². The van der Waals surface area contributed by atoms with Gasteiger partial charge in [-0.1, -0.05) is 25.4 Å². The third kappa shape index (κ3) is 4.29. The third-order valence-electron chi connectivity index (χ3n) is 4.39. The third-order valence-corrected chi connectivity index (χ3v) is 4.69. The first-order valence-electron chi connectivity index (χ1n) is 8.16. The molecule has 0 unspecified atom stereocenters. The van der Waals surface area contributed by atoms with Gasteiger partial charge in [-0.05, 0) is 43.9 Å². The molecule has 1 aromatic carbocycles. The van der Waals surface area contributed by atoms with E-state index in [0.29, 0.717) is 10.6 Å². The van der Waals surface area contributed by atoms with Gasteiger partial charge in [0.15, 0.2) is 0 Å². The van der Waals surface area contributed by atoms with E-state index in [-0.39, 0.29) is 11.6 Å². The standard InChI is InChI=1S/C18H23ClF3N3/c1-10(2)12(4)24-25(5)17(11(3)18(20,21)22)14-8-13-6-7-23-16(13)15(19)9-14/h8-10,23H,6-7H2,1-5H3/b17-11+,24-12+. The van der Waals surface area contributed by atoms with Crippen LogP contribution in [0.3, 0.4) is 0 Å². The van der Waals surface area contributed by atoms with Gasteiger partial charge >= 0.3 is 6.18 Å². The van der Waals surface area contributed by atoms with Gasteiger partial charge in [0.25, 0.3) is 0 Å². The van der Waals surface area contributed by atoms with Crippen LogP contribution in [0.1, 0.15) is 38.8 Å². The number of anilines is 1. The van der Waals surface area contributed by atoms with E-state index < -0.39 is 11.7 Å². The summed E-state index contributed by atoms with van der Waals surface area (Å²) < 4.78 is 40.3. The summed E-state index contributed by atoms with van der Waals surface area (Å²) in [6, 6.07) is 3.34. The highest BCUT2D eigenvalue weighted by Crippen LogP contribution is 2.38. The quantitative estimate of drug-likeness (QED) is 0.552. The van der Waals surface area contributed by atoms with Crippen molar-refractivity contribution in [2.45, 2.75) is 40.3 Å². The molecule has 0 saturated heterocycles. The first kappa shape index (κ1) is 19.6. The number of hydrogen-bond donors (Lipinski definition) is 1. The van der Waals surface area contributed by atoms with Crippen LogP contribution in [-0.4, -0.2) is 30.5 Å². The minimum Gasteiger partial charge on any atom is -0.383 e. The number of alkyl halides is 3. The number of hydrazone groups is 1. The van der Waals surface area contributed by atoms with Crippen molar-refractivity contribution in [2.75, 3.05) is 18.9 Å². The molecule has 0 radical (unpaired) electrons. The minimum absolute atomic E-state index is 0.0177. The zero-order valence-electron chi connectivity index (χ0n) is 15.1. The summed E-state index contributed by atoms with van der Waals surface area (Å²) in [5.74, 6) is 0.141. The lowest BCUT2D eigenvalue weighted by molar-refractivity contribution is -0.0914. The summed E-state index contributed by atoms with van der Waals surface area (Å²) in [7, 11) is 1.54. The molecular weight excluding hydrogens is 351 g/mol. The molecule has 0 atom stereocenters. The molecule has 0 amide bonds. The Morgan fingerprint density at radius 2 is 1.92 bits per heavy atom. The van der Waals surface area contributed by atoms with E-state index in [1.165, 1.54) is 12.1 Å². The summed E-state index contributed by atoms with van der Waals surface area (Å²) >= 11 is 6.28. The van der Waals surface area contributed by atoms with Gasteiger partial charge in [0.05, 0.1) is 22.0 Å². The van der Waals surface area contributed by atoms with Crippen LogP contribution in [0.2, 0.25) is 5.02 Å². The lowest BCUT2D eigenvalue weighted by atomic mass is 10.0. The maximum Gasteiger partial charge on any atom is 0.414 e. The van der Waals surface area contributed by atoms with Crippen molar-refractivity contribution in [2.24, 2.45) is 11.0 Å². The first-order valence-corrected chi connectivity index (χ1v) is 8.53. The smallest absolute Gasteiger partial charge is 0.383 e. The average Bonchev–Trinajstić information content (AvgIpc) is 2.95. The number of hydrogen-bond acceptors (Lipinski definition) is 3. The van der Waals surface area contributed by atoms with Crippen LogP contribution in [0, 0.1) is 5.92 Å². The van der Waals surface area contributed by atoms with Crippen molar-refractivity contribution in [3.05, 3.63) is 33.9 Å². The molecule has 0 bridgehead atoms. The Hall–Kier alpha value is -1.69. The number of benzene rings is 1. The zero-order valence-corrected chi connectivity index (χ0v) is 15.8. The lowest BCUT2D eigenvalue weighted by Gasteiger charge is -2.24. The van der Waals surface area contributed by atoms with Gasteiger partial charge in [0.1, 0.15) is 0 Å². The van der Waals surface area contributed by atoms with Gasteiger partial charge in [-0.3, -0.25) is 5.01 Å². The number of rotatable bonds is 4. The largest absolute Gasteiger partial charge is 0.414 e. The van der Waals surface area contributed by atoms with Gasteiger partial charge in [-0.15, -0.1) is 0 Å². The Kier molecular flexibility index (Phi) is 5.72. The summed E-state index contributed by atoms with van der Waals surface area (Å²) in [4.78, 5) is 0. The summed E-state index contributed by atoms with van der Waals surface area (Å²) in [5.41, 5.74) is 2.22. The van der Waals surface area contributed by atoms with E-state index in [9.17, 15) is 13.2 Å². The van der Waals surface area contributed by atoms with E-state index in [0.717, 1.165) is 36.9 Å². The van der Waals surface area contributed by atoms with Crippen molar-refractivity contribution < 1.29 is 13.2 Å². The molecule has 0 saturated carbocycles. The Morgan fingerprint density at radius 3 is 2.48 bits per heavy atom. The highest BCUT2D eigenvalue weighted by molar-refractivity contribution is 6.33. The Morgan fingerprint density at radius 1 is 1.28 bits per heavy atom. The van der Waals surface area contributed by atoms with Crippen LogP contribution in [0.4, 0.5) is 18.9 Å². The van der Waals surface area contributed by atoms with E-state index in [1.54, 1.807) is 19.1 Å². The van der Waals surface area contributed by atoms with E-state index in [1.807, 2.05) is 13.8 Å². The highest BCUT2D eigenvalue weighted by atomic mass is 35.5. The molecule has 25 heavy (non-hydrogen) atoms. The van der Waals surface area contributed by atoms with Crippen LogP contribution >= 0.6 is 11.6 Å². The van der Waals surface area contributed by atoms with Crippen molar-refractivity contribution in [3.63, 3.8) is 0 Å². The molecule has 3 nitrogen and oxygen atoms in total. The topological polar surface area (TPSA) is 27.6 Å². The summed E-state index contributed by atoms with van der Waals surface area (Å²) in [6.07, 6.45) is -3.71. The molecule has 1 heterocycles. The van der Waals surface area contributed by atoms with Crippen molar-refractivity contribution in [1.29, 1.82) is 0 Å². The van der Waals surface area contributed by atoms with E-state index in [2.05, 4.69) is 10.4 Å². The number of allylic oxidation sites excluding steroid dienone is 1. The fourth-order valence-electron chi connectivity index (χ4n) is 2.70. The van der Waals surface area contributed by atoms with Gasteiger partial charge in [0, 0.05) is 24.9 Å².